The van der Waals surface area contributed by atoms with Crippen molar-refractivity contribution >= 4 is 17.6 Å². The highest BCUT2D eigenvalue weighted by atomic mass is 35.5. The zero-order chi connectivity index (χ0) is 21.2. The largest absolute Gasteiger partial charge is 0.479 e. The Morgan fingerprint density at radius 3 is 2.48 bits per heavy atom. The van der Waals surface area contributed by atoms with E-state index in [-0.39, 0.29) is 0 Å². The summed E-state index contributed by atoms with van der Waals surface area (Å²) < 4.78 is 13.1. The molecular formula is C22H31ClN2O4. The monoisotopic (exact) mass is 422 g/mol. The second kappa shape index (κ2) is 11.8. The molecule has 6 nitrogen and oxygen atoms in total. The first-order chi connectivity index (χ1) is 14.0. The number of unbranched alkanes of at least 4 members (excludes halogenated alkanes) is 2. The van der Waals surface area contributed by atoms with Gasteiger partial charge in [0.1, 0.15) is 11.6 Å². The van der Waals surface area contributed by atoms with Gasteiger partial charge in [0, 0.05) is 20.1 Å². The molecule has 0 aliphatic heterocycles. The summed E-state index contributed by atoms with van der Waals surface area (Å²) >= 11 is 6.34. The molecule has 0 aliphatic carbocycles. The molecule has 1 heterocycles. The fraction of sp³-hybridized carbons (Fsp3) is 0.545. The number of halogens is 1. The average Bonchev–Trinajstić information content (AvgIpc) is 2.99. The van der Waals surface area contributed by atoms with E-state index in [1.54, 1.807) is 7.11 Å². The van der Waals surface area contributed by atoms with Gasteiger partial charge < -0.3 is 19.1 Å². The minimum atomic E-state index is -0.930. The quantitative estimate of drug-likeness (QED) is 0.486. The van der Waals surface area contributed by atoms with E-state index in [2.05, 4.69) is 16.5 Å². The van der Waals surface area contributed by atoms with Gasteiger partial charge in [-0.25, -0.2) is 9.78 Å². The van der Waals surface area contributed by atoms with Gasteiger partial charge in [-0.1, -0.05) is 50.4 Å². The number of benzene rings is 1. The first kappa shape index (κ1) is 23.2. The van der Waals surface area contributed by atoms with Crippen LogP contribution < -0.4 is 4.74 Å². The molecule has 0 bridgehead atoms. The Morgan fingerprint density at radius 2 is 1.90 bits per heavy atom. The maximum Gasteiger partial charge on any atom is 0.344 e. The molecule has 29 heavy (non-hydrogen) atoms. The van der Waals surface area contributed by atoms with Crippen molar-refractivity contribution in [2.45, 2.75) is 71.6 Å². The fourth-order valence-corrected chi connectivity index (χ4v) is 3.39. The number of aryl methyl sites for hydroxylation is 1. The van der Waals surface area contributed by atoms with Crippen LogP contribution in [-0.4, -0.2) is 33.8 Å². The number of aliphatic carboxylic acids is 1. The summed E-state index contributed by atoms with van der Waals surface area (Å²) in [7, 11) is 1.64. The Kier molecular flexibility index (Phi) is 9.48. The van der Waals surface area contributed by atoms with Crippen LogP contribution in [-0.2, 0) is 29.1 Å². The molecule has 0 saturated carbocycles. The highest BCUT2D eigenvalue weighted by Crippen LogP contribution is 2.23. The van der Waals surface area contributed by atoms with Crippen LogP contribution in [0.25, 0.3) is 0 Å². The Hall–Kier alpha value is -2.05. The maximum atomic E-state index is 11.4. The number of rotatable bonds is 13. The Morgan fingerprint density at radius 1 is 1.21 bits per heavy atom. The van der Waals surface area contributed by atoms with Crippen LogP contribution in [0, 0.1) is 0 Å². The lowest BCUT2D eigenvalue weighted by Crippen LogP contribution is -2.26. The summed E-state index contributed by atoms with van der Waals surface area (Å²) in [5.74, 6) is 0.583. The zero-order valence-corrected chi connectivity index (χ0v) is 18.2. The van der Waals surface area contributed by atoms with E-state index in [1.807, 2.05) is 31.2 Å². The van der Waals surface area contributed by atoms with Crippen molar-refractivity contribution in [3.05, 3.63) is 46.5 Å². The van der Waals surface area contributed by atoms with Gasteiger partial charge in [-0.3, -0.25) is 0 Å². The van der Waals surface area contributed by atoms with Crippen molar-refractivity contribution in [1.29, 1.82) is 0 Å². The Labute approximate surface area is 177 Å². The minimum absolute atomic E-state index is 0.400. The van der Waals surface area contributed by atoms with E-state index < -0.39 is 12.1 Å². The number of carbonyl (C=O) groups is 1. The molecule has 1 aromatic carbocycles. The number of hydrogen-bond donors (Lipinski definition) is 1. The number of nitrogens with zero attached hydrogens (tertiary/aromatic N) is 2. The highest BCUT2D eigenvalue weighted by molar-refractivity contribution is 6.30. The van der Waals surface area contributed by atoms with Gasteiger partial charge in [0.05, 0.1) is 12.3 Å². The molecular weight excluding hydrogens is 392 g/mol. The predicted molar refractivity (Wildman–Crippen MR) is 114 cm³/mol. The van der Waals surface area contributed by atoms with E-state index in [4.69, 9.17) is 21.1 Å². The minimum Gasteiger partial charge on any atom is -0.479 e. The van der Waals surface area contributed by atoms with Crippen LogP contribution >= 0.6 is 11.6 Å². The van der Waals surface area contributed by atoms with Crippen LogP contribution in [0.1, 0.15) is 63.0 Å². The third-order valence-corrected chi connectivity index (χ3v) is 5.08. The molecule has 0 amide bonds. The second-order valence-electron chi connectivity index (χ2n) is 7.12. The SMILES string of the molecule is CCCCc1nc(Cl)c(COC)n1Cc1ccc(OC(CCCC)C(=O)O)cc1. The van der Waals surface area contributed by atoms with Gasteiger partial charge in [0.25, 0.3) is 0 Å². The summed E-state index contributed by atoms with van der Waals surface area (Å²) in [6.07, 6.45) is 4.42. The van der Waals surface area contributed by atoms with Gasteiger partial charge in [0.2, 0.25) is 0 Å². The molecule has 0 aliphatic rings. The molecule has 0 spiro atoms. The first-order valence-corrected chi connectivity index (χ1v) is 10.6. The fourth-order valence-electron chi connectivity index (χ4n) is 3.13. The van der Waals surface area contributed by atoms with E-state index in [9.17, 15) is 9.90 Å². The molecule has 0 radical (unpaired) electrons. The lowest BCUT2D eigenvalue weighted by molar-refractivity contribution is -0.145. The topological polar surface area (TPSA) is 73.6 Å². The van der Waals surface area contributed by atoms with E-state index >= 15 is 0 Å². The number of carboxylic acid groups (broad SMARTS) is 1. The van der Waals surface area contributed by atoms with Gasteiger partial charge >= 0.3 is 5.97 Å². The predicted octanol–water partition coefficient (Wildman–Crippen LogP) is 5.10. The summed E-state index contributed by atoms with van der Waals surface area (Å²) in [6.45, 7) is 5.20. The molecule has 2 rings (SSSR count). The summed E-state index contributed by atoms with van der Waals surface area (Å²) in [5.41, 5.74) is 1.92. The molecule has 7 heteroatoms. The summed E-state index contributed by atoms with van der Waals surface area (Å²) in [6, 6.07) is 7.53. The third-order valence-electron chi connectivity index (χ3n) is 4.78. The van der Waals surface area contributed by atoms with Crippen molar-refractivity contribution in [3.8, 4) is 5.75 Å². The molecule has 1 unspecified atom stereocenters. The standard InChI is InChI=1S/C22H31ClN2O4/c1-4-6-8-19(22(26)27)29-17-12-10-16(11-13-17)14-25-18(15-28-3)21(23)24-20(25)9-7-5-2/h10-13,19H,4-9,14-15H2,1-3H3,(H,26,27). The van der Waals surface area contributed by atoms with Crippen LogP contribution in [0.3, 0.4) is 0 Å². The summed E-state index contributed by atoms with van der Waals surface area (Å²) in [4.78, 5) is 15.9. The van der Waals surface area contributed by atoms with Gasteiger partial charge in [-0.15, -0.1) is 0 Å². The van der Waals surface area contributed by atoms with Crippen molar-refractivity contribution < 1.29 is 19.4 Å². The van der Waals surface area contributed by atoms with Crippen LogP contribution in [0.5, 0.6) is 5.75 Å². The van der Waals surface area contributed by atoms with Gasteiger partial charge in [0.15, 0.2) is 11.3 Å². The van der Waals surface area contributed by atoms with Crippen molar-refractivity contribution in [1.82, 2.24) is 9.55 Å². The number of carboxylic acids is 1. The molecule has 0 fully saturated rings. The van der Waals surface area contributed by atoms with Crippen molar-refractivity contribution in [2.24, 2.45) is 0 Å². The number of imidazole rings is 1. The number of hydrogen-bond acceptors (Lipinski definition) is 4. The zero-order valence-electron chi connectivity index (χ0n) is 17.5. The maximum absolute atomic E-state index is 11.4. The van der Waals surface area contributed by atoms with Crippen LogP contribution in [0.15, 0.2) is 24.3 Å². The number of methoxy groups -OCH3 is 1. The van der Waals surface area contributed by atoms with E-state index in [0.717, 1.165) is 49.2 Å². The number of ether oxygens (including phenoxy) is 2. The summed E-state index contributed by atoms with van der Waals surface area (Å²) in [5, 5.41) is 9.82. The number of aromatic nitrogens is 2. The lowest BCUT2D eigenvalue weighted by atomic mass is 10.1. The molecule has 1 N–H and O–H groups in total. The average molecular weight is 423 g/mol. The Bertz CT molecular complexity index is 774. The normalized spacial score (nSPS) is 12.1. The first-order valence-electron chi connectivity index (χ1n) is 10.2. The van der Waals surface area contributed by atoms with Crippen molar-refractivity contribution in [3.63, 3.8) is 0 Å². The van der Waals surface area contributed by atoms with Gasteiger partial charge in [-0.05, 0) is 37.0 Å². The Balaban J connectivity index is 2.15. The molecule has 1 atom stereocenters. The lowest BCUT2D eigenvalue weighted by Gasteiger charge is -2.16. The smallest absolute Gasteiger partial charge is 0.344 e. The molecule has 160 valence electrons. The third kappa shape index (κ3) is 6.75. The van der Waals surface area contributed by atoms with E-state index in [0.29, 0.717) is 30.5 Å². The molecule has 1 aromatic heterocycles. The van der Waals surface area contributed by atoms with Crippen molar-refractivity contribution in [2.75, 3.05) is 7.11 Å². The highest BCUT2D eigenvalue weighted by Gasteiger charge is 2.19. The second-order valence-corrected chi connectivity index (χ2v) is 7.48. The molecule has 2 aromatic rings. The van der Waals surface area contributed by atoms with Crippen LogP contribution in [0.2, 0.25) is 5.15 Å². The van der Waals surface area contributed by atoms with Crippen LogP contribution in [0.4, 0.5) is 0 Å². The van der Waals surface area contributed by atoms with Gasteiger partial charge in [-0.2, -0.15) is 0 Å². The van der Waals surface area contributed by atoms with E-state index in [1.165, 1.54) is 0 Å². The molecule has 0 saturated heterocycles.